The van der Waals surface area contributed by atoms with Gasteiger partial charge >= 0.3 is 5.97 Å². The molecule has 0 bridgehead atoms. The Morgan fingerprint density at radius 2 is 1.85 bits per heavy atom. The van der Waals surface area contributed by atoms with Crippen molar-refractivity contribution in [2.75, 3.05) is 13.1 Å². The smallest absolute Gasteiger partial charge is 0.303 e. The largest absolute Gasteiger partial charge is 0.508 e. The van der Waals surface area contributed by atoms with Crippen molar-refractivity contribution in [3.8, 4) is 5.75 Å². The fourth-order valence-corrected chi connectivity index (χ4v) is 3.70. The van der Waals surface area contributed by atoms with Gasteiger partial charge in [-0.2, -0.15) is 0 Å². The number of nitrogens with one attached hydrogen (secondary N) is 1. The van der Waals surface area contributed by atoms with Gasteiger partial charge in [-0.15, -0.1) is 0 Å². The number of phenols is 1. The van der Waals surface area contributed by atoms with Gasteiger partial charge in [0.05, 0.1) is 6.04 Å². The fourth-order valence-electron chi connectivity index (χ4n) is 3.70. The predicted octanol–water partition coefficient (Wildman–Crippen LogP) is 1.38. The average Bonchev–Trinajstić information content (AvgIpc) is 2.66. The van der Waals surface area contributed by atoms with Gasteiger partial charge in [0.2, 0.25) is 0 Å². The fraction of sp³-hybridized carbons (Fsp3) is 0.381. The van der Waals surface area contributed by atoms with Crippen LogP contribution in [0.1, 0.15) is 30.0 Å². The summed E-state index contributed by atoms with van der Waals surface area (Å²) >= 11 is 0. The Kier molecular flexibility index (Phi) is 6.45. The van der Waals surface area contributed by atoms with E-state index in [-0.39, 0.29) is 30.4 Å². The molecule has 3 unspecified atom stereocenters. The molecule has 0 saturated carbocycles. The van der Waals surface area contributed by atoms with Crippen molar-refractivity contribution in [2.24, 2.45) is 0 Å². The molecule has 27 heavy (non-hydrogen) atoms. The van der Waals surface area contributed by atoms with E-state index in [0.29, 0.717) is 6.42 Å². The summed E-state index contributed by atoms with van der Waals surface area (Å²) in [4.78, 5) is 13.2. The van der Waals surface area contributed by atoms with E-state index in [2.05, 4.69) is 28.1 Å². The molecule has 1 aliphatic rings. The van der Waals surface area contributed by atoms with Crippen LogP contribution in [0.5, 0.6) is 5.75 Å². The van der Waals surface area contributed by atoms with E-state index in [0.717, 1.165) is 25.1 Å². The number of aromatic hydroxyl groups is 1. The number of quaternary nitrogens is 1. The van der Waals surface area contributed by atoms with Gasteiger partial charge in [-0.3, -0.25) is 15.0 Å². The number of nitrogens with zero attached hydrogens (tertiary/aromatic N) is 1. The predicted molar refractivity (Wildman–Crippen MR) is 103 cm³/mol. The molecule has 6 N–H and O–H groups in total. The highest BCUT2D eigenvalue weighted by Crippen LogP contribution is 2.23. The molecule has 1 heterocycles. The van der Waals surface area contributed by atoms with Crippen LogP contribution in [0.2, 0.25) is 0 Å². The van der Waals surface area contributed by atoms with Crippen molar-refractivity contribution < 1.29 is 20.7 Å². The van der Waals surface area contributed by atoms with Crippen molar-refractivity contribution >= 4 is 5.97 Å². The standard InChI is InChI=1S/C21H27N3O3/c22-21-18(13-15-8-10-17(25)11-9-15)23-19(16-5-2-1-3-6-16)14-24(21)12-4-7-20(26)27/h1-3,5-6,8-11,18-19,21,23,25H,4,7,12-14,22H2,(H,26,27)/p+1. The lowest BCUT2D eigenvalue weighted by Gasteiger charge is -2.42. The van der Waals surface area contributed by atoms with Crippen LogP contribution in [-0.4, -0.2) is 46.4 Å². The van der Waals surface area contributed by atoms with Gasteiger partial charge in [-0.05, 0) is 36.1 Å². The molecule has 0 aliphatic carbocycles. The molecule has 6 nitrogen and oxygen atoms in total. The summed E-state index contributed by atoms with van der Waals surface area (Å²) in [5, 5.41) is 22.2. The van der Waals surface area contributed by atoms with Gasteiger partial charge < -0.3 is 15.9 Å². The zero-order valence-electron chi connectivity index (χ0n) is 15.4. The third-order valence-electron chi connectivity index (χ3n) is 5.20. The lowest BCUT2D eigenvalue weighted by molar-refractivity contribution is -0.470. The SMILES string of the molecule is [NH3+]C1C(Cc2ccc(O)cc2)NC(c2ccccc2)CN1CCCC(=O)O. The molecule has 2 aromatic rings. The van der Waals surface area contributed by atoms with E-state index < -0.39 is 5.97 Å². The van der Waals surface area contributed by atoms with Gasteiger partial charge in [0.15, 0.2) is 6.17 Å². The van der Waals surface area contributed by atoms with Crippen molar-refractivity contribution in [1.82, 2.24) is 10.2 Å². The van der Waals surface area contributed by atoms with E-state index >= 15 is 0 Å². The first-order chi connectivity index (χ1) is 13.0. The topological polar surface area (TPSA) is 100 Å². The van der Waals surface area contributed by atoms with Crippen molar-refractivity contribution in [2.45, 2.75) is 37.5 Å². The Labute approximate surface area is 159 Å². The molecule has 0 amide bonds. The van der Waals surface area contributed by atoms with Crippen LogP contribution < -0.4 is 11.1 Å². The van der Waals surface area contributed by atoms with E-state index in [1.807, 2.05) is 30.3 Å². The van der Waals surface area contributed by atoms with E-state index in [1.165, 1.54) is 5.56 Å². The van der Waals surface area contributed by atoms with Crippen LogP contribution in [-0.2, 0) is 11.2 Å². The van der Waals surface area contributed by atoms with Crippen LogP contribution in [0.3, 0.4) is 0 Å². The van der Waals surface area contributed by atoms with Gasteiger partial charge in [0.25, 0.3) is 0 Å². The molecule has 6 heteroatoms. The van der Waals surface area contributed by atoms with Gasteiger partial charge in [0, 0.05) is 25.6 Å². The monoisotopic (exact) mass is 370 g/mol. The van der Waals surface area contributed by atoms with Crippen LogP contribution in [0.25, 0.3) is 0 Å². The van der Waals surface area contributed by atoms with Crippen molar-refractivity contribution in [3.63, 3.8) is 0 Å². The second kappa shape index (κ2) is 8.99. The Morgan fingerprint density at radius 1 is 1.15 bits per heavy atom. The number of carboxylic acid groups (broad SMARTS) is 1. The summed E-state index contributed by atoms with van der Waals surface area (Å²) in [7, 11) is 0. The maximum Gasteiger partial charge on any atom is 0.303 e. The van der Waals surface area contributed by atoms with Crippen molar-refractivity contribution in [1.29, 1.82) is 0 Å². The highest BCUT2D eigenvalue weighted by Gasteiger charge is 2.36. The maximum atomic E-state index is 10.9. The number of phenolic OH excluding ortho intramolecular Hbond substituents is 1. The first kappa shape index (κ1) is 19.4. The molecule has 2 aromatic carbocycles. The molecular weight excluding hydrogens is 342 g/mol. The number of hydrogen-bond acceptors (Lipinski definition) is 4. The number of piperazine rings is 1. The second-order valence-electron chi connectivity index (χ2n) is 7.17. The Balaban J connectivity index is 1.75. The van der Waals surface area contributed by atoms with Gasteiger partial charge in [-0.25, -0.2) is 0 Å². The van der Waals surface area contributed by atoms with Crippen LogP contribution in [0, 0.1) is 0 Å². The lowest BCUT2D eigenvalue weighted by Crippen LogP contribution is -2.79. The van der Waals surface area contributed by atoms with E-state index in [9.17, 15) is 9.90 Å². The normalized spacial score (nSPS) is 23.2. The lowest BCUT2D eigenvalue weighted by atomic mass is 9.95. The number of benzene rings is 2. The molecule has 0 aromatic heterocycles. The maximum absolute atomic E-state index is 10.9. The third kappa shape index (κ3) is 5.29. The first-order valence-electron chi connectivity index (χ1n) is 9.41. The summed E-state index contributed by atoms with van der Waals surface area (Å²) in [5.74, 6) is -0.495. The molecule has 0 spiro atoms. The minimum Gasteiger partial charge on any atom is -0.508 e. The second-order valence-corrected chi connectivity index (χ2v) is 7.17. The van der Waals surface area contributed by atoms with Gasteiger partial charge in [-0.1, -0.05) is 42.5 Å². The molecule has 3 rings (SSSR count). The first-order valence-corrected chi connectivity index (χ1v) is 9.41. The summed E-state index contributed by atoms with van der Waals surface area (Å²) in [6, 6.07) is 17.9. The number of hydrogen-bond donors (Lipinski definition) is 4. The number of carboxylic acids is 1. The Hall–Kier alpha value is -2.41. The summed E-state index contributed by atoms with van der Waals surface area (Å²) < 4.78 is 0. The molecule has 0 radical (unpaired) electrons. The molecule has 3 atom stereocenters. The van der Waals surface area contributed by atoms with Gasteiger partial charge in [0.1, 0.15) is 5.75 Å². The highest BCUT2D eigenvalue weighted by atomic mass is 16.4. The summed E-state index contributed by atoms with van der Waals surface area (Å²) in [5.41, 5.74) is 6.73. The van der Waals surface area contributed by atoms with E-state index in [1.54, 1.807) is 12.1 Å². The molecule has 144 valence electrons. The minimum atomic E-state index is -0.758. The Bertz CT molecular complexity index is 736. The molecule has 1 fully saturated rings. The van der Waals surface area contributed by atoms with Crippen LogP contribution in [0.15, 0.2) is 54.6 Å². The van der Waals surface area contributed by atoms with Crippen LogP contribution in [0.4, 0.5) is 0 Å². The summed E-state index contributed by atoms with van der Waals surface area (Å²) in [6.45, 7) is 1.53. The Morgan fingerprint density at radius 3 is 2.52 bits per heavy atom. The summed E-state index contributed by atoms with van der Waals surface area (Å²) in [6.07, 6.45) is 1.64. The average molecular weight is 370 g/mol. The molecule has 1 saturated heterocycles. The number of carbonyl (C=O) groups is 1. The van der Waals surface area contributed by atoms with Crippen LogP contribution >= 0.6 is 0 Å². The van der Waals surface area contributed by atoms with E-state index in [4.69, 9.17) is 5.11 Å². The molecular formula is C21H28N3O3+. The van der Waals surface area contributed by atoms with Crippen molar-refractivity contribution in [3.05, 3.63) is 65.7 Å². The minimum absolute atomic E-state index is 0.0487. The number of rotatable bonds is 7. The third-order valence-corrected chi connectivity index (χ3v) is 5.20. The zero-order valence-corrected chi connectivity index (χ0v) is 15.4. The quantitative estimate of drug-likeness (QED) is 0.590. The molecule has 1 aliphatic heterocycles. The zero-order chi connectivity index (χ0) is 19.2. The number of aliphatic carboxylic acids is 1. The highest BCUT2D eigenvalue weighted by molar-refractivity contribution is 5.66.